The molecule has 6 nitrogen and oxygen atoms in total. The summed E-state index contributed by atoms with van der Waals surface area (Å²) in [5.74, 6) is 0. The molecule has 6 heteroatoms. The summed E-state index contributed by atoms with van der Waals surface area (Å²) in [6, 6.07) is 4.92. The maximum Gasteiger partial charge on any atom is 0.269 e. The van der Waals surface area contributed by atoms with Crippen LogP contribution in [0.3, 0.4) is 0 Å². The van der Waals surface area contributed by atoms with Crippen molar-refractivity contribution >= 4 is 17.8 Å². The van der Waals surface area contributed by atoms with Crippen molar-refractivity contribution in [2.24, 2.45) is 0 Å². The minimum Gasteiger partial charge on any atom is -0.384 e. The van der Waals surface area contributed by atoms with Crippen molar-refractivity contribution < 1.29 is 9.72 Å². The van der Waals surface area contributed by atoms with Gasteiger partial charge in [0, 0.05) is 38.5 Å². The van der Waals surface area contributed by atoms with Crippen molar-refractivity contribution in [2.75, 3.05) is 26.0 Å². The normalized spacial score (nSPS) is 11.6. The zero-order valence-corrected chi connectivity index (χ0v) is 9.84. The molecule has 1 heterocycles. The van der Waals surface area contributed by atoms with E-state index in [2.05, 4.69) is 5.32 Å². The lowest BCUT2D eigenvalue weighted by atomic mass is 10.1. The summed E-state index contributed by atoms with van der Waals surface area (Å²) in [7, 11) is 3.38. The second-order valence-electron chi connectivity index (χ2n) is 3.84. The molecule has 0 bridgehead atoms. The maximum absolute atomic E-state index is 10.4. The monoisotopic (exact) mass is 237 g/mol. The van der Waals surface area contributed by atoms with Crippen LogP contribution in [0.2, 0.25) is 0 Å². The Morgan fingerprint density at radius 2 is 2.12 bits per heavy atom. The van der Waals surface area contributed by atoms with Gasteiger partial charge in [-0.2, -0.15) is 0 Å². The molecule has 0 radical (unpaired) electrons. The van der Waals surface area contributed by atoms with E-state index in [4.69, 9.17) is 0 Å². The van der Waals surface area contributed by atoms with Gasteiger partial charge in [0.05, 0.1) is 4.92 Å². The Labute approximate surface area is 99.4 Å². The third kappa shape index (κ3) is 3.75. The Kier molecular flexibility index (Phi) is 4.45. The smallest absolute Gasteiger partial charge is 0.269 e. The summed E-state index contributed by atoms with van der Waals surface area (Å²) in [4.78, 5) is 20.9. The summed E-state index contributed by atoms with van der Waals surface area (Å²) in [5.41, 5.74) is 2.25. The summed E-state index contributed by atoms with van der Waals surface area (Å²) < 4.78 is 0. The van der Waals surface area contributed by atoms with Crippen molar-refractivity contribution in [2.45, 2.75) is 6.42 Å². The van der Waals surface area contributed by atoms with E-state index >= 15 is 0 Å². The molecule has 0 saturated carbocycles. The highest BCUT2D eigenvalue weighted by atomic mass is 16.6. The molecule has 0 aliphatic carbocycles. The Morgan fingerprint density at radius 3 is 2.65 bits per heavy atom. The molecule has 0 saturated heterocycles. The quantitative estimate of drug-likeness (QED) is 0.477. The summed E-state index contributed by atoms with van der Waals surface area (Å²) in [6.45, 7) is 0.885. The number of hydrogen-bond acceptors (Lipinski definition) is 4. The highest BCUT2D eigenvalue weighted by molar-refractivity contribution is 5.59. The maximum atomic E-state index is 10.4. The van der Waals surface area contributed by atoms with Crippen molar-refractivity contribution in [1.29, 1.82) is 0 Å². The SMILES string of the molecule is CN(C)C=O.O=[N+]([O-])c1ccc2c(c1)CCN2. The molecule has 1 amide bonds. The predicted octanol–water partition coefficient (Wildman–Crippen LogP) is 1.27. The molecular formula is C11H15N3O3. The number of amides is 1. The molecule has 1 aromatic rings. The molecule has 2 rings (SSSR count). The van der Waals surface area contributed by atoms with E-state index in [1.807, 2.05) is 0 Å². The van der Waals surface area contributed by atoms with Gasteiger partial charge in [-0.05, 0) is 18.1 Å². The standard InChI is InChI=1S/C8H8N2O2.C3H7NO/c11-10(12)7-1-2-8-6(5-7)3-4-9-8;1-4(2)3-5/h1-2,5,9H,3-4H2;3H,1-2H3. The van der Waals surface area contributed by atoms with Crippen LogP contribution in [-0.2, 0) is 11.2 Å². The number of carbonyl (C=O) groups excluding carboxylic acids is 1. The van der Waals surface area contributed by atoms with Crippen LogP contribution in [0.4, 0.5) is 11.4 Å². The van der Waals surface area contributed by atoms with Gasteiger partial charge in [0.15, 0.2) is 0 Å². The first kappa shape index (κ1) is 13.0. The lowest BCUT2D eigenvalue weighted by molar-refractivity contribution is -0.384. The number of rotatable bonds is 2. The van der Waals surface area contributed by atoms with Gasteiger partial charge < -0.3 is 10.2 Å². The minimum atomic E-state index is -0.362. The molecular weight excluding hydrogens is 222 g/mol. The zero-order valence-electron chi connectivity index (χ0n) is 9.84. The lowest BCUT2D eigenvalue weighted by Crippen LogP contribution is -2.06. The Bertz CT molecular complexity index is 418. The molecule has 92 valence electrons. The van der Waals surface area contributed by atoms with E-state index in [0.717, 1.165) is 30.6 Å². The van der Waals surface area contributed by atoms with Crippen molar-refractivity contribution in [3.63, 3.8) is 0 Å². The molecule has 0 fully saturated rings. The first-order valence-electron chi connectivity index (χ1n) is 5.17. The topological polar surface area (TPSA) is 75.5 Å². The van der Waals surface area contributed by atoms with Gasteiger partial charge in [-0.25, -0.2) is 0 Å². The van der Waals surface area contributed by atoms with Crippen LogP contribution in [0.5, 0.6) is 0 Å². The van der Waals surface area contributed by atoms with Gasteiger partial charge >= 0.3 is 0 Å². The Morgan fingerprint density at radius 1 is 1.47 bits per heavy atom. The fraction of sp³-hybridized carbons (Fsp3) is 0.364. The highest BCUT2D eigenvalue weighted by Gasteiger charge is 2.13. The van der Waals surface area contributed by atoms with Crippen LogP contribution in [-0.4, -0.2) is 36.9 Å². The van der Waals surface area contributed by atoms with Gasteiger partial charge in [-0.15, -0.1) is 0 Å². The number of nitrogens with zero attached hydrogens (tertiary/aromatic N) is 2. The van der Waals surface area contributed by atoms with Crippen molar-refractivity contribution in [3.05, 3.63) is 33.9 Å². The molecule has 1 aromatic carbocycles. The third-order valence-corrected chi connectivity index (χ3v) is 2.22. The first-order valence-corrected chi connectivity index (χ1v) is 5.17. The van der Waals surface area contributed by atoms with E-state index < -0.39 is 0 Å². The number of benzene rings is 1. The molecule has 0 spiro atoms. The fourth-order valence-corrected chi connectivity index (χ4v) is 1.40. The average molecular weight is 237 g/mol. The van der Waals surface area contributed by atoms with Gasteiger partial charge in [-0.3, -0.25) is 14.9 Å². The van der Waals surface area contributed by atoms with Crippen molar-refractivity contribution in [1.82, 2.24) is 4.90 Å². The second-order valence-corrected chi connectivity index (χ2v) is 3.84. The van der Waals surface area contributed by atoms with Crippen LogP contribution in [0, 0.1) is 10.1 Å². The zero-order chi connectivity index (χ0) is 12.8. The number of anilines is 1. The summed E-state index contributed by atoms with van der Waals surface area (Å²) in [6.07, 6.45) is 1.64. The molecule has 1 aliphatic heterocycles. The van der Waals surface area contributed by atoms with Crippen LogP contribution in [0.15, 0.2) is 18.2 Å². The van der Waals surface area contributed by atoms with Crippen LogP contribution in [0.1, 0.15) is 5.56 Å². The van der Waals surface area contributed by atoms with Gasteiger partial charge in [0.25, 0.3) is 5.69 Å². The number of nitro groups is 1. The van der Waals surface area contributed by atoms with Crippen LogP contribution in [0.25, 0.3) is 0 Å². The molecule has 0 atom stereocenters. The van der Waals surface area contributed by atoms with E-state index in [0.29, 0.717) is 0 Å². The number of carbonyl (C=O) groups is 1. The fourth-order valence-electron chi connectivity index (χ4n) is 1.40. The largest absolute Gasteiger partial charge is 0.384 e. The number of nitrogens with one attached hydrogen (secondary N) is 1. The predicted molar refractivity (Wildman–Crippen MR) is 65.0 cm³/mol. The average Bonchev–Trinajstić information content (AvgIpc) is 2.76. The minimum absolute atomic E-state index is 0.178. The molecule has 0 aromatic heterocycles. The highest BCUT2D eigenvalue weighted by Crippen LogP contribution is 2.25. The Balaban J connectivity index is 0.000000249. The Hall–Kier alpha value is -2.11. The van der Waals surface area contributed by atoms with Crippen LogP contribution >= 0.6 is 0 Å². The number of non-ortho nitro benzene ring substituents is 1. The molecule has 0 unspecified atom stereocenters. The van der Waals surface area contributed by atoms with Gasteiger partial charge in [-0.1, -0.05) is 0 Å². The molecule has 17 heavy (non-hydrogen) atoms. The molecule has 1 N–H and O–H groups in total. The van der Waals surface area contributed by atoms with Gasteiger partial charge in [0.1, 0.15) is 0 Å². The molecule has 1 aliphatic rings. The lowest BCUT2D eigenvalue weighted by Gasteiger charge is -1.97. The van der Waals surface area contributed by atoms with E-state index in [1.54, 1.807) is 26.2 Å². The number of fused-ring (bicyclic) bond motifs is 1. The third-order valence-electron chi connectivity index (χ3n) is 2.22. The van der Waals surface area contributed by atoms with Gasteiger partial charge in [0.2, 0.25) is 6.41 Å². The first-order chi connectivity index (χ1) is 8.04. The van der Waals surface area contributed by atoms with Crippen LogP contribution < -0.4 is 5.32 Å². The van der Waals surface area contributed by atoms with Crippen molar-refractivity contribution in [3.8, 4) is 0 Å². The van der Waals surface area contributed by atoms with E-state index in [9.17, 15) is 14.9 Å². The summed E-state index contributed by atoms with van der Waals surface area (Å²) >= 11 is 0. The number of nitro benzene ring substituents is 1. The second kappa shape index (κ2) is 5.83. The van der Waals surface area contributed by atoms with E-state index in [-0.39, 0.29) is 10.6 Å². The number of hydrogen-bond donors (Lipinski definition) is 1. The van der Waals surface area contributed by atoms with E-state index in [1.165, 1.54) is 11.0 Å². The summed E-state index contributed by atoms with van der Waals surface area (Å²) in [5, 5.41) is 13.5.